The maximum Gasteiger partial charge on any atom is 0.290 e. The van der Waals surface area contributed by atoms with Crippen LogP contribution in [0.5, 0.6) is 0 Å². The predicted octanol–water partition coefficient (Wildman–Crippen LogP) is 6.87. The first-order valence-electron chi connectivity index (χ1n) is 15.6. The van der Waals surface area contributed by atoms with Crippen molar-refractivity contribution in [3.05, 3.63) is 42.7 Å². The van der Waals surface area contributed by atoms with Crippen LogP contribution >= 0.6 is 0 Å². The zero-order valence-electron chi connectivity index (χ0n) is 24.3. The molecule has 0 aliphatic rings. The molecule has 0 bridgehead atoms. The molecule has 0 aliphatic heterocycles. The molecule has 2 rings (SSSR count). The molecule has 1 heterocycles. The highest BCUT2D eigenvalue weighted by atomic mass is 35.5. The quantitative estimate of drug-likeness (QED) is 0.106. The summed E-state index contributed by atoms with van der Waals surface area (Å²) in [6.45, 7) is 7.18. The summed E-state index contributed by atoms with van der Waals surface area (Å²) in [7, 11) is 0. The van der Waals surface area contributed by atoms with Gasteiger partial charge in [0.05, 0.1) is 18.7 Å². The molecule has 0 aliphatic carbocycles. The number of ether oxygens (including phenoxy) is 1. The van der Waals surface area contributed by atoms with Crippen LogP contribution in [0, 0.1) is 0 Å². The Kier molecular flexibility index (Phi) is 21.7. The number of aromatic nitrogens is 2. The molecule has 1 aromatic carbocycles. The van der Waals surface area contributed by atoms with Crippen LogP contribution in [0.1, 0.15) is 136 Å². The number of rotatable bonds is 24. The zero-order valence-corrected chi connectivity index (χ0v) is 25.0. The number of aryl methyl sites for hydroxylation is 1. The fourth-order valence-electron chi connectivity index (χ4n) is 5.12. The summed E-state index contributed by atoms with van der Waals surface area (Å²) in [6, 6.07) is 10.8. The van der Waals surface area contributed by atoms with E-state index < -0.39 is 0 Å². The van der Waals surface area contributed by atoms with Crippen molar-refractivity contribution in [3.63, 3.8) is 0 Å². The molecule has 0 N–H and O–H groups in total. The van der Waals surface area contributed by atoms with Crippen LogP contribution in [0.2, 0.25) is 0 Å². The lowest BCUT2D eigenvalue weighted by molar-refractivity contribution is -0.722. The Morgan fingerprint density at radius 2 is 1.11 bits per heavy atom. The van der Waals surface area contributed by atoms with Gasteiger partial charge in [-0.25, -0.2) is 9.13 Å². The van der Waals surface area contributed by atoms with Crippen molar-refractivity contribution in [2.45, 2.75) is 149 Å². The van der Waals surface area contributed by atoms with E-state index in [9.17, 15) is 0 Å². The van der Waals surface area contributed by atoms with E-state index in [0.717, 1.165) is 13.2 Å². The average Bonchev–Trinajstić information content (AvgIpc) is 3.31. The van der Waals surface area contributed by atoms with Crippen molar-refractivity contribution in [1.29, 1.82) is 0 Å². The molecule has 0 radical (unpaired) electrons. The van der Waals surface area contributed by atoms with Gasteiger partial charge in [0.2, 0.25) is 0 Å². The topological polar surface area (TPSA) is 18.0 Å². The predicted molar refractivity (Wildman–Crippen MR) is 155 cm³/mol. The first-order chi connectivity index (χ1) is 17.9. The van der Waals surface area contributed by atoms with Gasteiger partial charge in [-0.3, -0.25) is 0 Å². The van der Waals surface area contributed by atoms with Crippen molar-refractivity contribution in [1.82, 2.24) is 4.57 Å². The lowest BCUT2D eigenvalue weighted by Gasteiger charge is -2.07. The van der Waals surface area contributed by atoms with Crippen molar-refractivity contribution >= 4 is 0 Å². The SMILES string of the molecule is CCCCCCCCCCCCn1cc[n+](COCCCCCCCCCCC)c1-c1ccccc1.[Cl-]. The molecule has 212 valence electrons. The Balaban J connectivity index is 0.00000684. The lowest BCUT2D eigenvalue weighted by Crippen LogP contribution is -3.00. The van der Waals surface area contributed by atoms with Crippen molar-refractivity contribution < 1.29 is 21.7 Å². The largest absolute Gasteiger partial charge is 1.00 e. The van der Waals surface area contributed by atoms with Crippen molar-refractivity contribution in [3.8, 4) is 11.4 Å². The highest BCUT2D eigenvalue weighted by Gasteiger charge is 2.19. The second kappa shape index (κ2) is 23.8. The summed E-state index contributed by atoms with van der Waals surface area (Å²) in [5.74, 6) is 1.28. The van der Waals surface area contributed by atoms with E-state index in [1.807, 2.05) is 0 Å². The van der Waals surface area contributed by atoms with E-state index in [2.05, 4.69) is 65.7 Å². The molecule has 3 nitrogen and oxygen atoms in total. The zero-order chi connectivity index (χ0) is 25.5. The number of hydrogen-bond acceptors (Lipinski definition) is 1. The number of unbranched alkanes of at least 4 members (excludes halogenated alkanes) is 17. The minimum absolute atomic E-state index is 0. The van der Waals surface area contributed by atoms with E-state index in [1.165, 1.54) is 133 Å². The molecule has 37 heavy (non-hydrogen) atoms. The van der Waals surface area contributed by atoms with Gasteiger partial charge in [0.15, 0.2) is 6.73 Å². The number of nitrogens with zero attached hydrogens (tertiary/aromatic N) is 2. The van der Waals surface area contributed by atoms with Crippen LogP contribution in [0.25, 0.3) is 11.4 Å². The molecule has 0 spiro atoms. The molecule has 0 unspecified atom stereocenters. The third kappa shape index (κ3) is 15.6. The smallest absolute Gasteiger partial charge is 0.290 e. The second-order valence-electron chi connectivity index (χ2n) is 10.7. The van der Waals surface area contributed by atoms with Crippen LogP contribution in [0.4, 0.5) is 0 Å². The third-order valence-electron chi connectivity index (χ3n) is 7.38. The molecule has 4 heteroatoms. The molecular weight excluding hydrogens is 476 g/mol. The summed E-state index contributed by atoms with van der Waals surface area (Å²) >= 11 is 0. The molecule has 0 atom stereocenters. The second-order valence-corrected chi connectivity index (χ2v) is 10.7. The molecule has 0 saturated heterocycles. The monoisotopic (exact) mass is 532 g/mol. The van der Waals surface area contributed by atoms with Gasteiger partial charge >= 0.3 is 0 Å². The van der Waals surface area contributed by atoms with Crippen molar-refractivity contribution in [2.24, 2.45) is 0 Å². The molecule has 2 aromatic rings. The Morgan fingerprint density at radius 3 is 1.65 bits per heavy atom. The fourth-order valence-corrected chi connectivity index (χ4v) is 5.12. The number of halogens is 1. The van der Waals surface area contributed by atoms with Gasteiger partial charge in [0.1, 0.15) is 12.4 Å². The summed E-state index contributed by atoms with van der Waals surface area (Å²) in [6.07, 6.45) is 30.4. The summed E-state index contributed by atoms with van der Waals surface area (Å²) < 4.78 is 10.8. The molecular formula is C33H57ClN2O. The third-order valence-corrected chi connectivity index (χ3v) is 7.38. The summed E-state index contributed by atoms with van der Waals surface area (Å²) in [5, 5.41) is 0. The van der Waals surface area contributed by atoms with Gasteiger partial charge in [-0.1, -0.05) is 135 Å². The van der Waals surface area contributed by atoms with Crippen LogP contribution in [0.15, 0.2) is 42.7 Å². The fraction of sp³-hybridized carbons (Fsp3) is 0.727. The number of benzene rings is 1. The number of hydrogen-bond donors (Lipinski definition) is 0. The van der Waals surface area contributed by atoms with Crippen LogP contribution in [-0.2, 0) is 18.0 Å². The summed E-state index contributed by atoms with van der Waals surface area (Å²) in [5.41, 5.74) is 1.28. The highest BCUT2D eigenvalue weighted by molar-refractivity contribution is 5.52. The Bertz CT molecular complexity index is 746. The minimum Gasteiger partial charge on any atom is -1.00 e. The molecule has 1 aromatic heterocycles. The van der Waals surface area contributed by atoms with Crippen LogP contribution < -0.4 is 17.0 Å². The molecule has 0 fully saturated rings. The van der Waals surface area contributed by atoms with Gasteiger partial charge < -0.3 is 17.1 Å². The molecule has 0 saturated carbocycles. The van der Waals surface area contributed by atoms with E-state index in [-0.39, 0.29) is 12.4 Å². The normalized spacial score (nSPS) is 11.1. The van der Waals surface area contributed by atoms with E-state index >= 15 is 0 Å². The van der Waals surface area contributed by atoms with Crippen LogP contribution in [0.3, 0.4) is 0 Å². The van der Waals surface area contributed by atoms with E-state index in [0.29, 0.717) is 6.73 Å². The first-order valence-corrected chi connectivity index (χ1v) is 15.6. The van der Waals surface area contributed by atoms with Crippen molar-refractivity contribution in [2.75, 3.05) is 6.61 Å². The highest BCUT2D eigenvalue weighted by Crippen LogP contribution is 2.18. The van der Waals surface area contributed by atoms with Crippen LogP contribution in [-0.4, -0.2) is 11.2 Å². The van der Waals surface area contributed by atoms with Gasteiger partial charge in [-0.05, 0) is 31.4 Å². The van der Waals surface area contributed by atoms with Gasteiger partial charge in [0, 0.05) is 0 Å². The maximum atomic E-state index is 6.11. The first kappa shape index (κ1) is 33.7. The Morgan fingerprint density at radius 1 is 0.622 bits per heavy atom. The number of imidazole rings is 1. The standard InChI is InChI=1S/C33H57N2O.ClH/c1-3-5-7-9-11-13-14-16-18-23-27-34-28-29-35(33(34)32-25-21-20-22-26-32)31-36-30-24-19-17-15-12-10-8-6-4-2;/h20-22,25-26,28-29H,3-19,23-24,27,30-31H2,1-2H3;1H/q+1;/p-1. The Labute approximate surface area is 235 Å². The van der Waals surface area contributed by atoms with Gasteiger partial charge in [-0.2, -0.15) is 0 Å². The average molecular weight is 533 g/mol. The summed E-state index contributed by atoms with van der Waals surface area (Å²) in [4.78, 5) is 0. The lowest BCUT2D eigenvalue weighted by atomic mass is 10.1. The van der Waals surface area contributed by atoms with Gasteiger partial charge in [0.25, 0.3) is 5.82 Å². The van der Waals surface area contributed by atoms with Gasteiger partial charge in [-0.15, -0.1) is 0 Å². The Hall–Kier alpha value is -1.32. The maximum absolute atomic E-state index is 6.11. The van der Waals surface area contributed by atoms with E-state index in [4.69, 9.17) is 4.74 Å². The molecule has 0 amide bonds. The van der Waals surface area contributed by atoms with E-state index in [1.54, 1.807) is 0 Å². The minimum atomic E-state index is 0.